The lowest BCUT2D eigenvalue weighted by molar-refractivity contribution is -0.191. The molecule has 2 aromatic heterocycles. The molecule has 9 heteroatoms. The quantitative estimate of drug-likeness (QED) is 0.315. The van der Waals surface area contributed by atoms with Gasteiger partial charge in [0.15, 0.2) is 5.78 Å². The molecule has 0 N–H and O–H groups in total. The van der Waals surface area contributed by atoms with E-state index in [9.17, 15) is 19.2 Å². The van der Waals surface area contributed by atoms with Crippen LogP contribution < -0.4 is 0 Å². The molecule has 0 radical (unpaired) electrons. The fourth-order valence-corrected chi connectivity index (χ4v) is 6.90. The largest absolute Gasteiger partial charge is 0.468 e. The van der Waals surface area contributed by atoms with E-state index in [-0.39, 0.29) is 31.8 Å². The molecule has 4 rings (SSSR count). The van der Waals surface area contributed by atoms with E-state index >= 15 is 0 Å². The molecular weight excluding hydrogens is 476 g/mol. The molecule has 4 unspecified atom stereocenters. The number of ether oxygens (including phenoxy) is 3. The Morgan fingerprint density at radius 1 is 0.892 bits per heavy atom. The van der Waals surface area contributed by atoms with Crippen molar-refractivity contribution in [2.75, 3.05) is 20.8 Å². The molecule has 2 bridgehead atoms. The van der Waals surface area contributed by atoms with Crippen molar-refractivity contribution >= 4 is 23.7 Å². The predicted molar refractivity (Wildman–Crippen MR) is 131 cm³/mol. The van der Waals surface area contributed by atoms with Gasteiger partial charge in [0, 0.05) is 42.0 Å². The van der Waals surface area contributed by atoms with E-state index in [2.05, 4.69) is 9.97 Å². The number of esters is 3. The smallest absolute Gasteiger partial charge is 0.320 e. The number of fused-ring (bicyclic) bond motifs is 2. The molecule has 0 aliphatic heterocycles. The number of hydrogen-bond acceptors (Lipinski definition) is 9. The Morgan fingerprint density at radius 2 is 1.38 bits per heavy atom. The molecule has 2 fully saturated rings. The maximum absolute atomic E-state index is 14.7. The lowest BCUT2D eigenvalue weighted by atomic mass is 9.40. The topological polar surface area (TPSA) is 122 Å². The van der Waals surface area contributed by atoms with Crippen LogP contribution in [0.5, 0.6) is 0 Å². The van der Waals surface area contributed by atoms with Gasteiger partial charge in [-0.2, -0.15) is 0 Å². The Morgan fingerprint density at radius 3 is 1.76 bits per heavy atom. The average Bonchev–Trinajstić information content (AvgIpc) is 2.90. The zero-order valence-corrected chi connectivity index (χ0v) is 21.5. The standard InChI is InChI=1S/C28H32N2O7/c1-5-37-21(31)14-18-22(19-10-6-8-12-29-19)27(25(33)35-3)15-17(2)16-28(24(27)32,26(34)36-4)23(18)20-11-7-9-13-30-20/h6-13,17-18,22-23H,5,14-16H2,1-4H3. The number of hydrogen-bond donors (Lipinski definition) is 0. The fourth-order valence-electron chi connectivity index (χ4n) is 6.90. The first-order valence-electron chi connectivity index (χ1n) is 12.5. The minimum absolute atomic E-state index is 0.146. The molecular formula is C28H32N2O7. The highest BCUT2D eigenvalue weighted by atomic mass is 16.5. The summed E-state index contributed by atoms with van der Waals surface area (Å²) in [7, 11) is 2.45. The Balaban J connectivity index is 2.11. The highest BCUT2D eigenvalue weighted by molar-refractivity contribution is 6.17. The monoisotopic (exact) mass is 508 g/mol. The van der Waals surface area contributed by atoms with Crippen molar-refractivity contribution in [3.63, 3.8) is 0 Å². The van der Waals surface area contributed by atoms with E-state index in [1.165, 1.54) is 14.2 Å². The summed E-state index contributed by atoms with van der Waals surface area (Å²) in [5.74, 6) is -5.28. The molecule has 2 aliphatic rings. The van der Waals surface area contributed by atoms with Crippen LogP contribution in [0.15, 0.2) is 48.8 Å². The molecule has 37 heavy (non-hydrogen) atoms. The first-order chi connectivity index (χ1) is 17.8. The van der Waals surface area contributed by atoms with Gasteiger partial charge in [-0.15, -0.1) is 0 Å². The van der Waals surface area contributed by atoms with Gasteiger partial charge in [-0.1, -0.05) is 19.1 Å². The Bertz CT molecular complexity index is 1090. The van der Waals surface area contributed by atoms with Gasteiger partial charge in [0.25, 0.3) is 0 Å². The lowest BCUT2D eigenvalue weighted by Gasteiger charge is -2.59. The van der Waals surface area contributed by atoms with Crippen LogP contribution in [0.1, 0.15) is 56.3 Å². The summed E-state index contributed by atoms with van der Waals surface area (Å²) < 4.78 is 15.9. The van der Waals surface area contributed by atoms with Gasteiger partial charge in [0.1, 0.15) is 10.8 Å². The zero-order chi connectivity index (χ0) is 26.8. The van der Waals surface area contributed by atoms with Gasteiger partial charge in [-0.25, -0.2) is 0 Å². The first-order valence-corrected chi connectivity index (χ1v) is 12.5. The number of methoxy groups -OCH3 is 2. The van der Waals surface area contributed by atoms with Crippen LogP contribution >= 0.6 is 0 Å². The van der Waals surface area contributed by atoms with Gasteiger partial charge in [-0.05, 0) is 55.9 Å². The first kappa shape index (κ1) is 26.4. The molecule has 0 aromatic carbocycles. The van der Waals surface area contributed by atoms with Crippen LogP contribution in [0, 0.1) is 22.7 Å². The van der Waals surface area contributed by atoms with Gasteiger partial charge >= 0.3 is 17.9 Å². The summed E-state index contributed by atoms with van der Waals surface area (Å²) in [5.41, 5.74) is -2.58. The number of carbonyl (C=O) groups is 4. The van der Waals surface area contributed by atoms with Gasteiger partial charge in [-0.3, -0.25) is 29.1 Å². The number of carbonyl (C=O) groups excluding carboxylic acids is 4. The number of aromatic nitrogens is 2. The minimum Gasteiger partial charge on any atom is -0.468 e. The van der Waals surface area contributed by atoms with Crippen LogP contribution in [0.2, 0.25) is 0 Å². The molecule has 0 saturated heterocycles. The molecule has 2 aromatic rings. The molecule has 4 atom stereocenters. The summed E-state index contributed by atoms with van der Waals surface area (Å²) >= 11 is 0. The van der Waals surface area contributed by atoms with Crippen molar-refractivity contribution in [3.05, 3.63) is 60.2 Å². The highest BCUT2D eigenvalue weighted by Crippen LogP contribution is 2.68. The molecule has 2 aliphatic carbocycles. The van der Waals surface area contributed by atoms with Gasteiger partial charge in [0.05, 0.1) is 20.8 Å². The number of Topliss-reactive ketones (excluding diaryl/α,β-unsaturated/α-hetero) is 1. The fraction of sp³-hybridized carbons (Fsp3) is 0.500. The third kappa shape index (κ3) is 4.10. The van der Waals surface area contributed by atoms with Crippen LogP contribution in [-0.2, 0) is 33.4 Å². The van der Waals surface area contributed by atoms with E-state index in [0.29, 0.717) is 11.4 Å². The molecule has 2 saturated carbocycles. The van der Waals surface area contributed by atoms with Crippen molar-refractivity contribution in [1.29, 1.82) is 0 Å². The van der Waals surface area contributed by atoms with Crippen molar-refractivity contribution in [3.8, 4) is 0 Å². The minimum atomic E-state index is -1.75. The number of ketones is 1. The molecule has 0 amide bonds. The molecule has 2 heterocycles. The average molecular weight is 509 g/mol. The van der Waals surface area contributed by atoms with Crippen molar-refractivity contribution in [2.24, 2.45) is 22.7 Å². The second-order valence-electron chi connectivity index (χ2n) is 9.91. The van der Waals surface area contributed by atoms with E-state index in [1.807, 2.05) is 6.92 Å². The summed E-state index contributed by atoms with van der Waals surface area (Å²) in [4.78, 5) is 64.3. The Hall–Kier alpha value is -3.62. The SMILES string of the molecule is CCOC(=O)CC1C(c2ccccn2)C2(C(=O)OC)CC(C)CC(C(=O)OC)(C2=O)C1c1ccccn1. The van der Waals surface area contributed by atoms with Crippen LogP contribution in [0.25, 0.3) is 0 Å². The molecule has 196 valence electrons. The van der Waals surface area contributed by atoms with E-state index in [0.717, 1.165) is 0 Å². The van der Waals surface area contributed by atoms with Crippen molar-refractivity contribution in [2.45, 2.75) is 44.9 Å². The third-order valence-electron chi connectivity index (χ3n) is 7.89. The van der Waals surface area contributed by atoms with Crippen molar-refractivity contribution < 1.29 is 33.4 Å². The van der Waals surface area contributed by atoms with Crippen molar-refractivity contribution in [1.82, 2.24) is 9.97 Å². The lowest BCUT2D eigenvalue weighted by Crippen LogP contribution is -2.68. The molecule has 9 nitrogen and oxygen atoms in total. The summed E-state index contributed by atoms with van der Waals surface area (Å²) in [5, 5.41) is 0. The number of pyridine rings is 2. The van der Waals surface area contributed by atoms with Gasteiger partial charge < -0.3 is 14.2 Å². The third-order valence-corrected chi connectivity index (χ3v) is 7.89. The van der Waals surface area contributed by atoms with Crippen LogP contribution in [0.4, 0.5) is 0 Å². The number of rotatable bonds is 7. The summed E-state index contributed by atoms with van der Waals surface area (Å²) in [6, 6.07) is 10.5. The predicted octanol–water partition coefficient (Wildman–Crippen LogP) is 3.24. The second-order valence-corrected chi connectivity index (χ2v) is 9.91. The van der Waals surface area contributed by atoms with Crippen LogP contribution in [-0.4, -0.2) is 54.5 Å². The maximum atomic E-state index is 14.7. The van der Waals surface area contributed by atoms with Gasteiger partial charge in [0.2, 0.25) is 0 Å². The highest BCUT2D eigenvalue weighted by Gasteiger charge is 2.75. The van der Waals surface area contributed by atoms with E-state index in [4.69, 9.17) is 14.2 Å². The normalized spacial score (nSPS) is 30.8. The van der Waals surface area contributed by atoms with E-state index < -0.39 is 52.3 Å². The summed E-state index contributed by atoms with van der Waals surface area (Å²) in [6.07, 6.45) is 3.29. The second kappa shape index (κ2) is 10.4. The number of nitrogens with zero attached hydrogens (tertiary/aromatic N) is 2. The Kier molecular flexibility index (Phi) is 7.43. The van der Waals surface area contributed by atoms with Crippen LogP contribution in [0.3, 0.4) is 0 Å². The maximum Gasteiger partial charge on any atom is 0.320 e. The van der Waals surface area contributed by atoms with E-state index in [1.54, 1.807) is 55.7 Å². The zero-order valence-electron chi connectivity index (χ0n) is 21.5. The summed E-state index contributed by atoms with van der Waals surface area (Å²) in [6.45, 7) is 3.77. The Labute approximate surface area is 215 Å². The molecule has 0 spiro atoms.